The minimum absolute atomic E-state index is 0.216. The Morgan fingerprint density at radius 3 is 2.53 bits per heavy atom. The number of furan rings is 1. The minimum Gasteiger partial charge on any atom is -0.459 e. The normalized spacial score (nSPS) is 14.3. The molecular weight excluding hydrogens is 402 g/mol. The van der Waals surface area contributed by atoms with Crippen LogP contribution < -0.4 is 10.6 Å². The van der Waals surface area contributed by atoms with Crippen molar-refractivity contribution in [3.05, 3.63) is 83.8 Å². The van der Waals surface area contributed by atoms with Crippen molar-refractivity contribution < 1.29 is 14.0 Å². The number of benzene rings is 2. The van der Waals surface area contributed by atoms with Crippen molar-refractivity contribution in [3.8, 4) is 0 Å². The first-order valence-electron chi connectivity index (χ1n) is 11.1. The van der Waals surface area contributed by atoms with Crippen LogP contribution in [0.25, 0.3) is 0 Å². The molecule has 2 amide bonds. The fourth-order valence-corrected chi connectivity index (χ4v) is 4.23. The molecule has 0 atom stereocenters. The number of hydrogen-bond acceptors (Lipinski definition) is 4. The molecule has 166 valence electrons. The van der Waals surface area contributed by atoms with Crippen LogP contribution in [0.15, 0.2) is 71.3 Å². The maximum absolute atomic E-state index is 13.0. The number of para-hydroxylation sites is 1. The molecule has 32 heavy (non-hydrogen) atoms. The summed E-state index contributed by atoms with van der Waals surface area (Å²) in [6, 6.07) is 18.7. The smallest absolute Gasteiger partial charge is 0.291 e. The lowest BCUT2D eigenvalue weighted by atomic mass is 9.94. The lowest BCUT2D eigenvalue weighted by Crippen LogP contribution is -2.33. The molecule has 2 N–H and O–H groups in total. The Kier molecular flexibility index (Phi) is 7.02. The summed E-state index contributed by atoms with van der Waals surface area (Å²) in [5.74, 6) is -0.355. The molecule has 1 fully saturated rings. The van der Waals surface area contributed by atoms with E-state index in [-0.39, 0.29) is 17.6 Å². The molecule has 0 spiro atoms. The molecule has 0 saturated heterocycles. The van der Waals surface area contributed by atoms with Crippen LogP contribution >= 0.6 is 0 Å². The van der Waals surface area contributed by atoms with Crippen molar-refractivity contribution in [2.45, 2.75) is 44.7 Å². The Hall–Kier alpha value is -3.38. The molecule has 1 heterocycles. The predicted octanol–water partition coefficient (Wildman–Crippen LogP) is 5.55. The highest BCUT2D eigenvalue weighted by molar-refractivity contribution is 6.06. The summed E-state index contributed by atoms with van der Waals surface area (Å²) in [5.41, 5.74) is 2.91. The molecule has 1 aliphatic rings. The van der Waals surface area contributed by atoms with Gasteiger partial charge in [0.25, 0.3) is 11.8 Å². The van der Waals surface area contributed by atoms with Gasteiger partial charge in [0.2, 0.25) is 0 Å². The number of hydrogen-bond donors (Lipinski definition) is 2. The van der Waals surface area contributed by atoms with E-state index in [2.05, 4.69) is 28.6 Å². The summed E-state index contributed by atoms with van der Waals surface area (Å²) >= 11 is 0. The van der Waals surface area contributed by atoms with Gasteiger partial charge in [-0.05, 0) is 61.9 Å². The number of nitrogens with zero attached hydrogens (tertiary/aromatic N) is 1. The molecule has 0 aliphatic heterocycles. The van der Waals surface area contributed by atoms with Crippen LogP contribution in [-0.4, -0.2) is 29.8 Å². The van der Waals surface area contributed by atoms with Crippen molar-refractivity contribution in [2.24, 2.45) is 0 Å². The van der Waals surface area contributed by atoms with Crippen molar-refractivity contribution in [3.63, 3.8) is 0 Å². The molecule has 1 saturated carbocycles. The fourth-order valence-electron chi connectivity index (χ4n) is 4.23. The van der Waals surface area contributed by atoms with Crippen LogP contribution in [0.3, 0.4) is 0 Å². The maximum atomic E-state index is 13.0. The zero-order valence-corrected chi connectivity index (χ0v) is 18.3. The van der Waals surface area contributed by atoms with Gasteiger partial charge in [0.15, 0.2) is 5.76 Å². The van der Waals surface area contributed by atoms with E-state index in [1.807, 2.05) is 18.2 Å². The minimum atomic E-state index is -0.358. The molecule has 6 nitrogen and oxygen atoms in total. The highest BCUT2D eigenvalue weighted by Crippen LogP contribution is 2.25. The van der Waals surface area contributed by atoms with Crippen LogP contribution in [-0.2, 0) is 6.54 Å². The molecule has 1 aromatic heterocycles. The lowest BCUT2D eigenvalue weighted by Gasteiger charge is -2.31. The first kappa shape index (κ1) is 21.8. The molecular formula is C26H29N3O3. The average molecular weight is 432 g/mol. The maximum Gasteiger partial charge on any atom is 0.291 e. The van der Waals surface area contributed by atoms with Gasteiger partial charge >= 0.3 is 0 Å². The Bertz CT molecular complexity index is 1060. The monoisotopic (exact) mass is 431 g/mol. The summed E-state index contributed by atoms with van der Waals surface area (Å²) in [6.45, 7) is 0.792. The Morgan fingerprint density at radius 1 is 0.938 bits per heavy atom. The SMILES string of the molecule is CN(Cc1ccccc1NC(=O)c1cccc(NC(=O)c2ccco2)c1)C1CCCCC1. The van der Waals surface area contributed by atoms with E-state index < -0.39 is 0 Å². The lowest BCUT2D eigenvalue weighted by molar-refractivity contribution is 0.0993. The summed E-state index contributed by atoms with van der Waals surface area (Å²) in [5, 5.41) is 5.80. The highest BCUT2D eigenvalue weighted by Gasteiger charge is 2.19. The van der Waals surface area contributed by atoms with E-state index in [9.17, 15) is 9.59 Å². The highest BCUT2D eigenvalue weighted by atomic mass is 16.3. The molecule has 2 aromatic carbocycles. The number of carbonyl (C=O) groups is 2. The average Bonchev–Trinajstić information content (AvgIpc) is 3.36. The van der Waals surface area contributed by atoms with Crippen LogP contribution in [0.2, 0.25) is 0 Å². The van der Waals surface area contributed by atoms with Crippen molar-refractivity contribution >= 4 is 23.2 Å². The van der Waals surface area contributed by atoms with Crippen molar-refractivity contribution in [1.29, 1.82) is 0 Å². The van der Waals surface area contributed by atoms with E-state index in [4.69, 9.17) is 4.42 Å². The molecule has 0 bridgehead atoms. The van der Waals surface area contributed by atoms with Crippen LogP contribution in [0.4, 0.5) is 11.4 Å². The van der Waals surface area contributed by atoms with Gasteiger partial charge in [0.05, 0.1) is 6.26 Å². The van der Waals surface area contributed by atoms with Gasteiger partial charge in [-0.3, -0.25) is 14.5 Å². The molecule has 0 radical (unpaired) electrons. The van der Waals surface area contributed by atoms with Crippen LogP contribution in [0.5, 0.6) is 0 Å². The third-order valence-corrected chi connectivity index (χ3v) is 6.01. The van der Waals surface area contributed by atoms with E-state index in [0.29, 0.717) is 17.3 Å². The number of anilines is 2. The predicted molar refractivity (Wildman–Crippen MR) is 126 cm³/mol. The van der Waals surface area contributed by atoms with E-state index >= 15 is 0 Å². The van der Waals surface area contributed by atoms with Crippen molar-refractivity contribution in [2.75, 3.05) is 17.7 Å². The number of amides is 2. The summed E-state index contributed by atoms with van der Waals surface area (Å²) < 4.78 is 5.12. The number of rotatable bonds is 7. The second-order valence-corrected chi connectivity index (χ2v) is 8.33. The largest absolute Gasteiger partial charge is 0.459 e. The van der Waals surface area contributed by atoms with Gasteiger partial charge in [-0.15, -0.1) is 0 Å². The Labute approximate surface area is 188 Å². The second-order valence-electron chi connectivity index (χ2n) is 8.33. The van der Waals surface area contributed by atoms with E-state index in [0.717, 1.165) is 17.8 Å². The van der Waals surface area contributed by atoms with Crippen molar-refractivity contribution in [1.82, 2.24) is 4.90 Å². The zero-order valence-electron chi connectivity index (χ0n) is 18.3. The fraction of sp³-hybridized carbons (Fsp3) is 0.308. The third-order valence-electron chi connectivity index (χ3n) is 6.01. The molecule has 6 heteroatoms. The number of carbonyl (C=O) groups excluding carboxylic acids is 2. The molecule has 3 aromatic rings. The van der Waals surface area contributed by atoms with E-state index in [1.165, 1.54) is 38.4 Å². The first-order valence-corrected chi connectivity index (χ1v) is 11.1. The third kappa shape index (κ3) is 5.45. The second kappa shape index (κ2) is 10.3. The van der Waals surface area contributed by atoms with Gasteiger partial charge in [-0.25, -0.2) is 0 Å². The van der Waals surface area contributed by atoms with Gasteiger partial charge < -0.3 is 15.1 Å². The first-order chi connectivity index (χ1) is 15.6. The van der Waals surface area contributed by atoms with Gasteiger partial charge in [0.1, 0.15) is 0 Å². The summed E-state index contributed by atoms with van der Waals surface area (Å²) in [7, 11) is 2.17. The van der Waals surface area contributed by atoms with E-state index in [1.54, 1.807) is 36.4 Å². The van der Waals surface area contributed by atoms with Gasteiger partial charge in [-0.1, -0.05) is 43.5 Å². The quantitative estimate of drug-likeness (QED) is 0.514. The molecule has 4 rings (SSSR count). The summed E-state index contributed by atoms with van der Waals surface area (Å²) in [6.07, 6.45) is 7.84. The van der Waals surface area contributed by atoms with Crippen LogP contribution in [0.1, 0.15) is 58.6 Å². The Morgan fingerprint density at radius 2 is 1.75 bits per heavy atom. The topological polar surface area (TPSA) is 74.6 Å². The number of nitrogens with one attached hydrogen (secondary N) is 2. The standard InChI is InChI=1S/C26H29N3O3/c1-29(22-12-3-2-4-13-22)18-20-9-5-6-14-23(20)28-25(30)19-10-7-11-21(17-19)27-26(31)24-15-8-16-32-24/h5-11,14-17,22H,2-4,12-13,18H2,1H3,(H,27,31)(H,28,30). The summed E-state index contributed by atoms with van der Waals surface area (Å²) in [4.78, 5) is 27.6. The van der Waals surface area contributed by atoms with Crippen LogP contribution in [0, 0.1) is 0 Å². The Balaban J connectivity index is 1.43. The molecule has 0 unspecified atom stereocenters. The van der Waals surface area contributed by atoms with Gasteiger partial charge in [-0.2, -0.15) is 0 Å². The zero-order chi connectivity index (χ0) is 22.3. The van der Waals surface area contributed by atoms with Gasteiger partial charge in [0, 0.05) is 29.5 Å². The molecule has 1 aliphatic carbocycles.